The predicted molar refractivity (Wildman–Crippen MR) is 87.5 cm³/mol. The molecule has 2 N–H and O–H groups in total. The summed E-state index contributed by atoms with van der Waals surface area (Å²) in [6.07, 6.45) is -0.514. The zero-order valence-corrected chi connectivity index (χ0v) is 14.9. The van der Waals surface area contributed by atoms with Crippen molar-refractivity contribution in [3.63, 3.8) is 0 Å². The summed E-state index contributed by atoms with van der Waals surface area (Å²) in [5.74, 6) is -3.13. The number of likely N-dealkylation sites (tertiary alicyclic amines) is 1. The van der Waals surface area contributed by atoms with Gasteiger partial charge in [0.1, 0.15) is 5.60 Å². The molecule has 23 heavy (non-hydrogen) atoms. The van der Waals surface area contributed by atoms with Crippen molar-refractivity contribution in [3.05, 3.63) is 34.3 Å². The minimum atomic E-state index is -3.13. The minimum Gasteiger partial charge on any atom is -0.444 e. The van der Waals surface area contributed by atoms with E-state index in [9.17, 15) is 13.6 Å². The molecule has 0 saturated carbocycles. The second kappa shape index (κ2) is 6.36. The Morgan fingerprint density at radius 1 is 1.48 bits per heavy atom. The maximum atomic E-state index is 14.0. The molecule has 7 heteroatoms. The van der Waals surface area contributed by atoms with Crippen LogP contribution >= 0.6 is 15.9 Å². The van der Waals surface area contributed by atoms with Gasteiger partial charge >= 0.3 is 6.09 Å². The Kier molecular flexibility index (Phi) is 5.01. The maximum Gasteiger partial charge on any atom is 0.410 e. The number of amides is 1. The summed E-state index contributed by atoms with van der Waals surface area (Å²) in [5, 5.41) is 0. The fourth-order valence-electron chi connectivity index (χ4n) is 2.59. The smallest absolute Gasteiger partial charge is 0.410 e. The van der Waals surface area contributed by atoms with E-state index in [0.29, 0.717) is 0 Å². The molecule has 0 aromatic heterocycles. The number of rotatable bonds is 2. The van der Waals surface area contributed by atoms with Crippen molar-refractivity contribution >= 4 is 22.0 Å². The maximum absolute atomic E-state index is 14.0. The number of nitrogens with two attached hydrogens (primary N) is 1. The lowest BCUT2D eigenvalue weighted by Crippen LogP contribution is -2.47. The van der Waals surface area contributed by atoms with Crippen LogP contribution in [0.25, 0.3) is 0 Å². The Hall–Kier alpha value is -1.21. The van der Waals surface area contributed by atoms with E-state index in [2.05, 4.69) is 15.9 Å². The summed E-state index contributed by atoms with van der Waals surface area (Å²) in [5.41, 5.74) is 5.80. The van der Waals surface area contributed by atoms with Gasteiger partial charge in [-0.25, -0.2) is 13.6 Å². The average Bonchev–Trinajstić information content (AvgIpc) is 2.61. The van der Waals surface area contributed by atoms with Crippen molar-refractivity contribution in [1.82, 2.24) is 4.90 Å². The molecule has 1 unspecified atom stereocenters. The molecule has 1 aliphatic heterocycles. The van der Waals surface area contributed by atoms with Gasteiger partial charge in [0.15, 0.2) is 0 Å². The van der Waals surface area contributed by atoms with Crippen LogP contribution in [0.1, 0.15) is 26.3 Å². The Morgan fingerprint density at radius 2 is 2.13 bits per heavy atom. The Labute approximate surface area is 143 Å². The normalized spacial score (nSPS) is 23.9. The summed E-state index contributed by atoms with van der Waals surface area (Å²) >= 11 is 3.35. The number of nitrogens with zero attached hydrogens (tertiary/aromatic N) is 1. The Balaban J connectivity index is 2.23. The number of halogens is 3. The molecule has 0 bridgehead atoms. The summed E-state index contributed by atoms with van der Waals surface area (Å²) in [7, 11) is 0. The molecule has 1 saturated heterocycles. The van der Waals surface area contributed by atoms with E-state index in [1.54, 1.807) is 20.8 Å². The van der Waals surface area contributed by atoms with Gasteiger partial charge in [0, 0.05) is 4.47 Å². The average molecular weight is 391 g/mol. The van der Waals surface area contributed by atoms with Crippen LogP contribution in [-0.4, -0.2) is 41.1 Å². The number of ether oxygens (including phenoxy) is 1. The number of alkyl halides is 2. The molecular weight excluding hydrogens is 370 g/mol. The third-order valence-electron chi connectivity index (χ3n) is 3.65. The van der Waals surface area contributed by atoms with Gasteiger partial charge in [-0.2, -0.15) is 0 Å². The zero-order valence-electron chi connectivity index (χ0n) is 13.4. The highest BCUT2D eigenvalue weighted by molar-refractivity contribution is 9.10. The van der Waals surface area contributed by atoms with Gasteiger partial charge in [-0.3, -0.25) is 4.90 Å². The van der Waals surface area contributed by atoms with Crippen LogP contribution in [0.4, 0.5) is 13.6 Å². The molecule has 1 aromatic carbocycles. The Morgan fingerprint density at radius 3 is 2.70 bits per heavy atom. The van der Waals surface area contributed by atoms with E-state index >= 15 is 0 Å². The molecule has 1 fully saturated rings. The molecule has 1 amide bonds. The lowest BCUT2D eigenvalue weighted by molar-refractivity contribution is -0.00942. The van der Waals surface area contributed by atoms with Crippen LogP contribution in [0.5, 0.6) is 0 Å². The zero-order chi connectivity index (χ0) is 17.4. The molecular formula is C16H21BrF2N2O2. The number of hydrogen-bond acceptors (Lipinski definition) is 3. The summed E-state index contributed by atoms with van der Waals surface area (Å²) in [6.45, 7) is 4.37. The minimum absolute atomic E-state index is 0.245. The fourth-order valence-corrected chi connectivity index (χ4v) is 3.03. The first-order chi connectivity index (χ1) is 10.5. The topological polar surface area (TPSA) is 55.6 Å². The molecule has 0 spiro atoms. The number of hydrogen-bond donors (Lipinski definition) is 1. The van der Waals surface area contributed by atoms with Crippen LogP contribution < -0.4 is 5.73 Å². The van der Waals surface area contributed by atoms with E-state index in [1.165, 1.54) is 0 Å². The summed E-state index contributed by atoms with van der Waals surface area (Å²) < 4.78 is 34.1. The highest BCUT2D eigenvalue weighted by Crippen LogP contribution is 2.34. The van der Waals surface area contributed by atoms with Crippen molar-refractivity contribution in [2.45, 2.75) is 50.8 Å². The van der Waals surface area contributed by atoms with E-state index < -0.39 is 36.2 Å². The summed E-state index contributed by atoms with van der Waals surface area (Å²) in [6, 6.07) is 5.08. The van der Waals surface area contributed by atoms with Crippen LogP contribution in [0, 0.1) is 0 Å². The van der Waals surface area contributed by atoms with E-state index in [1.807, 2.05) is 24.3 Å². The van der Waals surface area contributed by atoms with Gasteiger partial charge < -0.3 is 10.5 Å². The SMILES string of the molecule is CC(C)(C)OC(=O)N1CC(F)(F)[C@H](N)C1Cc1cccc(Br)c1. The molecule has 1 heterocycles. The molecule has 1 aliphatic rings. The third-order valence-corrected chi connectivity index (χ3v) is 4.14. The van der Waals surface area contributed by atoms with Crippen molar-refractivity contribution in [2.24, 2.45) is 5.73 Å². The standard InChI is InChI=1S/C16H21BrF2N2O2/c1-15(2,3)23-14(22)21-9-16(18,19)13(20)12(21)8-10-5-4-6-11(17)7-10/h4-7,12-13H,8-9,20H2,1-3H3/t12?,13-/m1/s1. The van der Waals surface area contributed by atoms with Crippen LogP contribution in [0.2, 0.25) is 0 Å². The largest absolute Gasteiger partial charge is 0.444 e. The molecule has 0 radical (unpaired) electrons. The lowest BCUT2D eigenvalue weighted by Gasteiger charge is -2.29. The van der Waals surface area contributed by atoms with Crippen molar-refractivity contribution in [1.29, 1.82) is 0 Å². The van der Waals surface area contributed by atoms with E-state index in [-0.39, 0.29) is 6.42 Å². The molecule has 128 valence electrons. The second-order valence-corrected chi connectivity index (χ2v) is 7.71. The molecule has 0 aliphatic carbocycles. The molecule has 2 atom stereocenters. The van der Waals surface area contributed by atoms with Crippen LogP contribution in [-0.2, 0) is 11.2 Å². The fraction of sp³-hybridized carbons (Fsp3) is 0.562. The van der Waals surface area contributed by atoms with Crippen LogP contribution in [0.3, 0.4) is 0 Å². The van der Waals surface area contributed by atoms with Gasteiger partial charge in [0.25, 0.3) is 5.92 Å². The quantitative estimate of drug-likeness (QED) is 0.839. The van der Waals surface area contributed by atoms with Gasteiger partial charge in [0.05, 0.1) is 18.6 Å². The molecule has 4 nitrogen and oxygen atoms in total. The lowest BCUT2D eigenvalue weighted by atomic mass is 9.99. The number of benzene rings is 1. The molecule has 1 aromatic rings. The first kappa shape index (κ1) is 18.1. The molecule has 2 rings (SSSR count). The second-order valence-electron chi connectivity index (χ2n) is 6.80. The van der Waals surface area contributed by atoms with Gasteiger partial charge in [-0.05, 0) is 44.9 Å². The third kappa shape index (κ3) is 4.41. The monoisotopic (exact) mass is 390 g/mol. The number of carbonyl (C=O) groups excluding carboxylic acids is 1. The Bertz CT molecular complexity index is 590. The predicted octanol–water partition coefficient (Wildman–Crippen LogP) is 3.57. The highest BCUT2D eigenvalue weighted by atomic mass is 79.9. The van der Waals surface area contributed by atoms with E-state index in [4.69, 9.17) is 10.5 Å². The van der Waals surface area contributed by atoms with Crippen molar-refractivity contribution < 1.29 is 18.3 Å². The van der Waals surface area contributed by atoms with Crippen LogP contribution in [0.15, 0.2) is 28.7 Å². The first-order valence-electron chi connectivity index (χ1n) is 7.37. The van der Waals surface area contributed by atoms with E-state index in [0.717, 1.165) is 14.9 Å². The van der Waals surface area contributed by atoms with Gasteiger partial charge in [-0.15, -0.1) is 0 Å². The summed E-state index contributed by atoms with van der Waals surface area (Å²) in [4.78, 5) is 13.3. The van der Waals surface area contributed by atoms with Crippen molar-refractivity contribution in [3.8, 4) is 0 Å². The number of carbonyl (C=O) groups is 1. The van der Waals surface area contributed by atoms with Crippen molar-refractivity contribution in [2.75, 3.05) is 6.54 Å². The van der Waals surface area contributed by atoms with Gasteiger partial charge in [0.2, 0.25) is 0 Å². The van der Waals surface area contributed by atoms with Gasteiger partial charge in [-0.1, -0.05) is 28.1 Å². The first-order valence-corrected chi connectivity index (χ1v) is 8.16. The highest BCUT2D eigenvalue weighted by Gasteiger charge is 2.54.